The molecule has 0 aliphatic carbocycles. The van der Waals surface area contributed by atoms with E-state index in [0.717, 1.165) is 22.4 Å². The molecule has 6 heteroatoms. The molecular weight excluding hydrogens is 494 g/mol. The molecule has 4 aromatic rings. The highest BCUT2D eigenvalue weighted by atomic mass is 35.5. The highest BCUT2D eigenvalue weighted by Crippen LogP contribution is 2.28. The summed E-state index contributed by atoms with van der Waals surface area (Å²) >= 11 is 6.18. The zero-order chi connectivity index (χ0) is 27.1. The molecule has 2 amide bonds. The Morgan fingerprint density at radius 1 is 0.816 bits per heavy atom. The smallest absolute Gasteiger partial charge is 0.251 e. The maximum Gasteiger partial charge on any atom is 0.251 e. The monoisotopic (exact) mass is 525 g/mol. The number of carbonyl (C=O) groups is 2. The summed E-state index contributed by atoms with van der Waals surface area (Å²) in [5.74, 6) is -0.433. The predicted molar refractivity (Wildman–Crippen MR) is 155 cm³/mol. The molecule has 4 aromatic carbocycles. The molecule has 0 radical (unpaired) electrons. The molecule has 0 aliphatic heterocycles. The van der Waals surface area contributed by atoms with Gasteiger partial charge in [0, 0.05) is 37.0 Å². The van der Waals surface area contributed by atoms with Gasteiger partial charge in [-0.15, -0.1) is 0 Å². The lowest BCUT2D eigenvalue weighted by molar-refractivity contribution is -0.139. The first-order valence-corrected chi connectivity index (χ1v) is 12.9. The number of benzene rings is 4. The van der Waals surface area contributed by atoms with Gasteiger partial charge in [-0.05, 0) is 65.6 Å². The predicted octanol–water partition coefficient (Wildman–Crippen LogP) is 6.67. The lowest BCUT2D eigenvalue weighted by Gasteiger charge is -2.32. The van der Waals surface area contributed by atoms with E-state index in [4.69, 9.17) is 11.6 Å². The average molecular weight is 526 g/mol. The Labute approximate surface area is 229 Å². The normalized spacial score (nSPS) is 11.5. The highest BCUT2D eigenvalue weighted by molar-refractivity contribution is 6.30. The summed E-state index contributed by atoms with van der Waals surface area (Å²) in [6.45, 7) is 2.30. The van der Waals surface area contributed by atoms with Crippen molar-refractivity contribution in [3.05, 3.63) is 130 Å². The summed E-state index contributed by atoms with van der Waals surface area (Å²) in [5.41, 5.74) is 5.30. The molecule has 0 bridgehead atoms. The van der Waals surface area contributed by atoms with Crippen LogP contribution in [0.25, 0.3) is 0 Å². The van der Waals surface area contributed by atoms with Crippen LogP contribution in [0.2, 0.25) is 5.02 Å². The number of rotatable bonds is 9. The van der Waals surface area contributed by atoms with E-state index in [1.807, 2.05) is 117 Å². The van der Waals surface area contributed by atoms with Crippen LogP contribution in [0.15, 0.2) is 103 Å². The topological polar surface area (TPSA) is 52.7 Å². The van der Waals surface area contributed by atoms with Crippen molar-refractivity contribution in [2.24, 2.45) is 0 Å². The molecule has 0 saturated heterocycles. The molecule has 0 aliphatic rings. The van der Waals surface area contributed by atoms with Gasteiger partial charge in [0.15, 0.2) is 0 Å². The van der Waals surface area contributed by atoms with E-state index < -0.39 is 6.04 Å². The molecule has 4 rings (SSSR count). The van der Waals surface area contributed by atoms with Gasteiger partial charge < -0.3 is 15.1 Å². The number of anilines is 2. The number of hydrogen-bond donors (Lipinski definition) is 1. The molecule has 5 nitrogen and oxygen atoms in total. The fourth-order valence-electron chi connectivity index (χ4n) is 4.34. The van der Waals surface area contributed by atoms with Gasteiger partial charge in [-0.1, -0.05) is 78.3 Å². The highest BCUT2D eigenvalue weighted by Gasteiger charge is 2.32. The first kappa shape index (κ1) is 27.0. The number of nitrogens with zero attached hydrogens (tertiary/aromatic N) is 2. The minimum absolute atomic E-state index is 0.141. The summed E-state index contributed by atoms with van der Waals surface area (Å²) in [6, 6.07) is 31.4. The fourth-order valence-corrected chi connectivity index (χ4v) is 4.46. The number of halogens is 1. The lowest BCUT2D eigenvalue weighted by Crippen LogP contribution is -2.41. The van der Waals surface area contributed by atoms with Crippen LogP contribution in [-0.4, -0.2) is 30.8 Å². The summed E-state index contributed by atoms with van der Waals surface area (Å²) in [4.78, 5) is 31.5. The minimum atomic E-state index is -0.864. The van der Waals surface area contributed by atoms with Gasteiger partial charge in [0.25, 0.3) is 5.91 Å². The van der Waals surface area contributed by atoms with Crippen LogP contribution in [0.3, 0.4) is 0 Å². The van der Waals surface area contributed by atoms with Gasteiger partial charge in [0.05, 0.1) is 6.42 Å². The summed E-state index contributed by atoms with van der Waals surface area (Å²) in [5, 5.41) is 3.60. The second kappa shape index (κ2) is 12.4. The van der Waals surface area contributed by atoms with Gasteiger partial charge in [-0.3, -0.25) is 9.59 Å². The molecule has 0 fully saturated rings. The van der Waals surface area contributed by atoms with Crippen LogP contribution in [0.4, 0.5) is 11.4 Å². The van der Waals surface area contributed by atoms with Crippen molar-refractivity contribution in [1.82, 2.24) is 4.90 Å². The zero-order valence-electron chi connectivity index (χ0n) is 21.9. The molecule has 1 N–H and O–H groups in total. The number of aryl methyl sites for hydroxylation is 1. The number of nitrogens with one attached hydrogen (secondary N) is 1. The van der Waals surface area contributed by atoms with Crippen LogP contribution in [0, 0.1) is 6.92 Å². The lowest BCUT2D eigenvalue weighted by atomic mass is 10.0. The van der Waals surface area contributed by atoms with Gasteiger partial charge in [0.2, 0.25) is 5.91 Å². The third-order valence-corrected chi connectivity index (χ3v) is 6.77. The van der Waals surface area contributed by atoms with Crippen LogP contribution < -0.4 is 10.2 Å². The van der Waals surface area contributed by atoms with Crippen LogP contribution >= 0.6 is 11.6 Å². The molecule has 0 saturated carbocycles. The third kappa shape index (κ3) is 6.81. The quantitative estimate of drug-likeness (QED) is 0.265. The largest absolute Gasteiger partial charge is 0.378 e. The van der Waals surface area contributed by atoms with E-state index >= 15 is 0 Å². The molecule has 194 valence electrons. The van der Waals surface area contributed by atoms with E-state index in [1.54, 1.807) is 17.0 Å². The second-order valence-electron chi connectivity index (χ2n) is 9.50. The number of amides is 2. The maximum absolute atomic E-state index is 13.9. The summed E-state index contributed by atoms with van der Waals surface area (Å²) in [6.07, 6.45) is 0.182. The molecule has 38 heavy (non-hydrogen) atoms. The standard InChI is InChI=1S/C32H32ClN3O2/c1-23-9-7-8-12-26(23)22-36(30(37)21-24-10-5-4-6-11-24)31(25-13-15-27(33)16-14-25)32(38)34-28-17-19-29(20-18-28)35(2)3/h4-20,31H,21-22H2,1-3H3,(H,34,38). The Kier molecular flexibility index (Phi) is 8.82. The first-order valence-electron chi connectivity index (χ1n) is 12.5. The van der Waals surface area contributed by atoms with Crippen molar-refractivity contribution in [3.8, 4) is 0 Å². The molecule has 0 spiro atoms. The maximum atomic E-state index is 13.9. The molecule has 1 unspecified atom stereocenters. The Hall–Kier alpha value is -4.09. The van der Waals surface area contributed by atoms with Gasteiger partial charge >= 0.3 is 0 Å². The van der Waals surface area contributed by atoms with Crippen LogP contribution in [0.1, 0.15) is 28.3 Å². The molecule has 0 aromatic heterocycles. The van der Waals surface area contributed by atoms with Crippen molar-refractivity contribution in [3.63, 3.8) is 0 Å². The van der Waals surface area contributed by atoms with Crippen molar-refractivity contribution in [1.29, 1.82) is 0 Å². The van der Waals surface area contributed by atoms with E-state index in [1.165, 1.54) is 0 Å². The SMILES string of the molecule is Cc1ccccc1CN(C(=O)Cc1ccccc1)C(C(=O)Nc1ccc(N(C)C)cc1)c1ccc(Cl)cc1. The average Bonchev–Trinajstić information content (AvgIpc) is 2.91. The van der Waals surface area contributed by atoms with E-state index in [-0.39, 0.29) is 18.2 Å². The summed E-state index contributed by atoms with van der Waals surface area (Å²) in [7, 11) is 3.93. The fraction of sp³-hybridized carbons (Fsp3) is 0.188. The number of hydrogen-bond acceptors (Lipinski definition) is 3. The van der Waals surface area contributed by atoms with Gasteiger partial charge in [0.1, 0.15) is 6.04 Å². The van der Waals surface area contributed by atoms with Crippen LogP contribution in [0.5, 0.6) is 0 Å². The Morgan fingerprint density at radius 3 is 2.08 bits per heavy atom. The molecule has 1 atom stereocenters. The van der Waals surface area contributed by atoms with Crippen molar-refractivity contribution >= 4 is 34.8 Å². The van der Waals surface area contributed by atoms with Gasteiger partial charge in [-0.2, -0.15) is 0 Å². The molecular formula is C32H32ClN3O2. The Morgan fingerprint density at radius 2 is 1.45 bits per heavy atom. The molecule has 0 heterocycles. The Bertz CT molecular complexity index is 1370. The zero-order valence-corrected chi connectivity index (χ0v) is 22.7. The van der Waals surface area contributed by atoms with E-state index in [0.29, 0.717) is 22.8 Å². The summed E-state index contributed by atoms with van der Waals surface area (Å²) < 4.78 is 0. The first-order chi connectivity index (χ1) is 18.3. The number of carbonyl (C=O) groups excluding carboxylic acids is 2. The van der Waals surface area contributed by atoms with E-state index in [2.05, 4.69) is 5.32 Å². The van der Waals surface area contributed by atoms with Crippen LogP contribution in [-0.2, 0) is 22.6 Å². The third-order valence-electron chi connectivity index (χ3n) is 6.52. The second-order valence-corrected chi connectivity index (χ2v) is 9.93. The Balaban J connectivity index is 1.73. The van der Waals surface area contributed by atoms with Gasteiger partial charge in [-0.25, -0.2) is 0 Å². The minimum Gasteiger partial charge on any atom is -0.378 e. The van der Waals surface area contributed by atoms with Crippen molar-refractivity contribution < 1.29 is 9.59 Å². The van der Waals surface area contributed by atoms with Crippen molar-refractivity contribution in [2.75, 3.05) is 24.3 Å². The van der Waals surface area contributed by atoms with Crippen molar-refractivity contribution in [2.45, 2.75) is 25.9 Å². The van der Waals surface area contributed by atoms with E-state index in [9.17, 15) is 9.59 Å².